The molecule has 0 amide bonds. The lowest BCUT2D eigenvalue weighted by molar-refractivity contribution is -0.132. The second-order valence-electron chi connectivity index (χ2n) is 5.70. The number of carboxylic acids is 1. The van der Waals surface area contributed by atoms with E-state index in [0.717, 1.165) is 36.1 Å². The Morgan fingerprint density at radius 3 is 2.67 bits per heavy atom. The second-order valence-corrected chi connectivity index (χ2v) is 5.70. The summed E-state index contributed by atoms with van der Waals surface area (Å²) in [4.78, 5) is 11.5. The third kappa shape index (κ3) is 2.99. The van der Waals surface area contributed by atoms with E-state index in [1.807, 2.05) is 24.3 Å². The number of hydrogen-bond acceptors (Lipinski definition) is 4. The van der Waals surface area contributed by atoms with E-state index >= 15 is 0 Å². The molecule has 6 heteroatoms. The monoisotopic (exact) mass is 328 g/mol. The summed E-state index contributed by atoms with van der Waals surface area (Å²) < 4.78 is 10.7. The number of rotatable bonds is 5. The molecule has 0 saturated carbocycles. The van der Waals surface area contributed by atoms with Crippen LogP contribution in [0.2, 0.25) is 0 Å². The van der Waals surface area contributed by atoms with Gasteiger partial charge in [0.05, 0.1) is 25.6 Å². The molecule has 0 spiro atoms. The first-order valence-electron chi connectivity index (χ1n) is 7.87. The van der Waals surface area contributed by atoms with Crippen LogP contribution in [0.4, 0.5) is 0 Å². The maximum absolute atomic E-state index is 11.5. The quantitative estimate of drug-likeness (QED) is 0.877. The molecule has 0 bridgehead atoms. The molecule has 3 rings (SSSR count). The molecule has 1 aliphatic rings. The highest BCUT2D eigenvalue weighted by atomic mass is 16.5. The van der Waals surface area contributed by atoms with Gasteiger partial charge in [-0.15, -0.1) is 0 Å². The van der Waals surface area contributed by atoms with Crippen molar-refractivity contribution >= 4 is 11.5 Å². The lowest BCUT2D eigenvalue weighted by Gasteiger charge is -2.15. The molecule has 1 heterocycles. The Labute approximate surface area is 140 Å². The van der Waals surface area contributed by atoms with E-state index in [1.165, 1.54) is 0 Å². The van der Waals surface area contributed by atoms with Gasteiger partial charge >= 0.3 is 5.97 Å². The smallest absolute Gasteiger partial charge is 0.331 e. The summed E-state index contributed by atoms with van der Waals surface area (Å²) in [7, 11) is 3.21. The first-order chi connectivity index (χ1) is 11.6. The van der Waals surface area contributed by atoms with E-state index in [4.69, 9.17) is 9.47 Å². The van der Waals surface area contributed by atoms with Gasteiger partial charge in [-0.2, -0.15) is 5.10 Å². The Morgan fingerprint density at radius 1 is 1.17 bits per heavy atom. The van der Waals surface area contributed by atoms with E-state index in [1.54, 1.807) is 14.2 Å². The van der Waals surface area contributed by atoms with Crippen LogP contribution in [0.5, 0.6) is 11.5 Å². The lowest BCUT2D eigenvalue weighted by Crippen LogP contribution is -2.08. The largest absolute Gasteiger partial charge is 0.497 e. The highest BCUT2D eigenvalue weighted by Crippen LogP contribution is 2.36. The summed E-state index contributed by atoms with van der Waals surface area (Å²) in [6.45, 7) is 0. The number of nitrogens with zero attached hydrogens (tertiary/aromatic N) is 1. The molecule has 0 atom stereocenters. The van der Waals surface area contributed by atoms with E-state index in [-0.39, 0.29) is 0 Å². The van der Waals surface area contributed by atoms with Gasteiger partial charge < -0.3 is 14.6 Å². The van der Waals surface area contributed by atoms with Crippen LogP contribution in [-0.4, -0.2) is 35.5 Å². The Bertz CT molecular complexity index is 792. The van der Waals surface area contributed by atoms with Crippen molar-refractivity contribution in [1.82, 2.24) is 10.2 Å². The molecular formula is C18H20N2O4. The van der Waals surface area contributed by atoms with E-state index in [2.05, 4.69) is 10.2 Å². The number of H-pyrrole nitrogens is 1. The van der Waals surface area contributed by atoms with Crippen LogP contribution in [0.1, 0.15) is 31.4 Å². The van der Waals surface area contributed by atoms with Crippen LogP contribution in [0.3, 0.4) is 0 Å². The highest BCUT2D eigenvalue weighted by Gasteiger charge is 2.22. The summed E-state index contributed by atoms with van der Waals surface area (Å²) in [5, 5.41) is 16.7. The fourth-order valence-electron chi connectivity index (χ4n) is 3.06. The zero-order valence-electron chi connectivity index (χ0n) is 13.8. The van der Waals surface area contributed by atoms with Crippen molar-refractivity contribution in [3.8, 4) is 22.8 Å². The van der Waals surface area contributed by atoms with Crippen LogP contribution in [0, 0.1) is 0 Å². The van der Waals surface area contributed by atoms with Crippen LogP contribution >= 0.6 is 0 Å². The number of nitrogens with one attached hydrogen (secondary N) is 1. The van der Waals surface area contributed by atoms with Crippen molar-refractivity contribution in [2.45, 2.75) is 25.7 Å². The molecule has 2 N–H and O–H groups in total. The third-order valence-electron chi connectivity index (χ3n) is 4.31. The van der Waals surface area contributed by atoms with Crippen molar-refractivity contribution < 1.29 is 19.4 Å². The first kappa shape index (κ1) is 16.1. The molecule has 126 valence electrons. The number of ether oxygens (including phenoxy) is 2. The standard InChI is InChI=1S/C18H20N2O4/c1-23-11-7-8-17(24-2)14(9-11)16-10-15(19-20-16)12-5-3-4-6-13(12)18(21)22/h7-10H,3-6H2,1-2H3,(H,19,20)(H,21,22). The maximum Gasteiger partial charge on any atom is 0.331 e. The topological polar surface area (TPSA) is 84.4 Å². The number of aliphatic carboxylic acids is 1. The molecule has 1 aromatic heterocycles. The molecule has 1 aliphatic carbocycles. The highest BCUT2D eigenvalue weighted by molar-refractivity contribution is 5.96. The number of aromatic nitrogens is 2. The van der Waals surface area contributed by atoms with E-state index < -0.39 is 5.97 Å². The molecule has 0 radical (unpaired) electrons. The van der Waals surface area contributed by atoms with E-state index in [9.17, 15) is 9.90 Å². The van der Waals surface area contributed by atoms with Gasteiger partial charge in [0.25, 0.3) is 0 Å². The minimum absolute atomic E-state index is 0.469. The fourth-order valence-corrected chi connectivity index (χ4v) is 3.06. The molecule has 0 saturated heterocycles. The number of aromatic amines is 1. The molecular weight excluding hydrogens is 308 g/mol. The fraction of sp³-hybridized carbons (Fsp3) is 0.333. The minimum Gasteiger partial charge on any atom is -0.497 e. The van der Waals surface area contributed by atoms with E-state index in [0.29, 0.717) is 29.2 Å². The van der Waals surface area contributed by atoms with Gasteiger partial charge in [-0.3, -0.25) is 5.10 Å². The zero-order valence-corrected chi connectivity index (χ0v) is 13.8. The van der Waals surface area contributed by atoms with Crippen molar-refractivity contribution in [3.63, 3.8) is 0 Å². The van der Waals surface area contributed by atoms with Crippen LogP contribution in [0.25, 0.3) is 16.8 Å². The molecule has 24 heavy (non-hydrogen) atoms. The van der Waals surface area contributed by atoms with Gasteiger partial charge in [0.1, 0.15) is 11.5 Å². The molecule has 1 aromatic carbocycles. The number of hydrogen-bond donors (Lipinski definition) is 2. The van der Waals surface area contributed by atoms with Crippen LogP contribution < -0.4 is 9.47 Å². The van der Waals surface area contributed by atoms with Gasteiger partial charge in [0.15, 0.2) is 0 Å². The number of allylic oxidation sites excluding steroid dienone is 1. The Kier molecular flexibility index (Phi) is 4.55. The Morgan fingerprint density at radius 2 is 1.96 bits per heavy atom. The minimum atomic E-state index is -0.854. The Balaban J connectivity index is 2.04. The van der Waals surface area contributed by atoms with Crippen molar-refractivity contribution in [3.05, 3.63) is 35.5 Å². The number of benzene rings is 1. The summed E-state index contributed by atoms with van der Waals surface area (Å²) in [6.07, 6.45) is 3.22. The number of carbonyl (C=O) groups is 1. The van der Waals surface area contributed by atoms with Crippen molar-refractivity contribution in [1.29, 1.82) is 0 Å². The summed E-state index contributed by atoms with van der Waals surface area (Å²) in [5.41, 5.74) is 3.56. The van der Waals surface area contributed by atoms with Gasteiger partial charge in [0, 0.05) is 11.1 Å². The van der Waals surface area contributed by atoms with Gasteiger partial charge in [-0.1, -0.05) is 0 Å². The summed E-state index contributed by atoms with van der Waals surface area (Å²) in [6, 6.07) is 7.40. The molecule has 0 unspecified atom stereocenters. The molecule has 0 fully saturated rings. The number of methoxy groups -OCH3 is 2. The predicted molar refractivity (Wildman–Crippen MR) is 90.2 cm³/mol. The van der Waals surface area contributed by atoms with Gasteiger partial charge in [-0.25, -0.2) is 4.79 Å². The second kappa shape index (κ2) is 6.78. The average Bonchev–Trinajstić information content (AvgIpc) is 3.10. The van der Waals surface area contributed by atoms with Crippen LogP contribution in [-0.2, 0) is 4.79 Å². The summed E-state index contributed by atoms with van der Waals surface area (Å²) >= 11 is 0. The molecule has 2 aromatic rings. The molecule has 6 nitrogen and oxygen atoms in total. The SMILES string of the molecule is COc1ccc(OC)c(-c2cc(C3=C(C(=O)O)CCCC3)n[nH]2)c1. The Hall–Kier alpha value is -2.76. The third-order valence-corrected chi connectivity index (χ3v) is 4.31. The van der Waals surface area contributed by atoms with Crippen molar-refractivity contribution in [2.24, 2.45) is 0 Å². The maximum atomic E-state index is 11.5. The number of carboxylic acid groups (broad SMARTS) is 1. The van der Waals surface area contributed by atoms with Gasteiger partial charge in [-0.05, 0) is 55.5 Å². The van der Waals surface area contributed by atoms with Crippen LogP contribution in [0.15, 0.2) is 29.8 Å². The van der Waals surface area contributed by atoms with Crippen molar-refractivity contribution in [2.75, 3.05) is 14.2 Å². The predicted octanol–water partition coefficient (Wildman–Crippen LogP) is 3.51. The zero-order chi connectivity index (χ0) is 17.1. The summed E-state index contributed by atoms with van der Waals surface area (Å²) in [5.74, 6) is 0.556. The van der Waals surface area contributed by atoms with Gasteiger partial charge in [0.2, 0.25) is 0 Å². The molecule has 0 aliphatic heterocycles. The first-order valence-corrected chi connectivity index (χ1v) is 7.87. The normalized spacial score (nSPS) is 14.6. The average molecular weight is 328 g/mol. The lowest BCUT2D eigenvalue weighted by atomic mass is 9.89.